The van der Waals surface area contributed by atoms with Gasteiger partial charge in [0.2, 0.25) is 11.7 Å². The average Bonchev–Trinajstić information content (AvgIpc) is 2.49. The first-order valence-electron chi connectivity index (χ1n) is 6.76. The van der Waals surface area contributed by atoms with Gasteiger partial charge in [0.05, 0.1) is 4.92 Å². The zero-order valence-electron chi connectivity index (χ0n) is 12.0. The number of nitro benzene ring substituents is 1. The van der Waals surface area contributed by atoms with Crippen LogP contribution in [0, 0.1) is 15.9 Å². The van der Waals surface area contributed by atoms with E-state index in [-0.39, 0.29) is 23.9 Å². The van der Waals surface area contributed by atoms with E-state index in [4.69, 9.17) is 0 Å². The van der Waals surface area contributed by atoms with Crippen LogP contribution >= 0.6 is 0 Å². The predicted molar refractivity (Wildman–Crippen MR) is 81.2 cm³/mol. The van der Waals surface area contributed by atoms with Gasteiger partial charge in [0.15, 0.2) is 0 Å². The lowest BCUT2D eigenvalue weighted by atomic mass is 9.97. The van der Waals surface area contributed by atoms with Crippen molar-refractivity contribution < 1.29 is 14.1 Å². The van der Waals surface area contributed by atoms with Gasteiger partial charge < -0.3 is 5.32 Å². The number of nitrogens with one attached hydrogen (secondary N) is 1. The highest BCUT2D eigenvalue weighted by molar-refractivity contribution is 5.91. The van der Waals surface area contributed by atoms with Crippen LogP contribution in [-0.4, -0.2) is 10.8 Å². The molecule has 0 bridgehead atoms. The van der Waals surface area contributed by atoms with Crippen molar-refractivity contribution in [3.05, 3.63) is 70.0 Å². The number of nitrogens with zero attached hydrogens (tertiary/aromatic N) is 1. The highest BCUT2D eigenvalue weighted by Gasteiger charge is 2.16. The lowest BCUT2D eigenvalue weighted by molar-refractivity contribution is -0.387. The normalized spacial score (nSPS) is 11.7. The topological polar surface area (TPSA) is 72.2 Å². The van der Waals surface area contributed by atoms with Crippen LogP contribution in [0.4, 0.5) is 15.8 Å². The van der Waals surface area contributed by atoms with E-state index >= 15 is 0 Å². The smallest absolute Gasteiger partial charge is 0.306 e. The number of benzene rings is 2. The zero-order chi connectivity index (χ0) is 16.1. The second-order valence-corrected chi connectivity index (χ2v) is 4.99. The number of halogens is 1. The van der Waals surface area contributed by atoms with Gasteiger partial charge in [-0.1, -0.05) is 37.3 Å². The average molecular weight is 302 g/mol. The number of carbonyl (C=O) groups excluding carboxylic acids is 1. The Bertz CT molecular complexity index is 689. The summed E-state index contributed by atoms with van der Waals surface area (Å²) >= 11 is 0. The molecule has 0 saturated heterocycles. The quantitative estimate of drug-likeness (QED) is 0.673. The van der Waals surface area contributed by atoms with E-state index in [1.54, 1.807) is 0 Å². The fraction of sp³-hybridized carbons (Fsp3) is 0.188. The number of amides is 1. The van der Waals surface area contributed by atoms with Gasteiger partial charge in [-0.15, -0.1) is 0 Å². The summed E-state index contributed by atoms with van der Waals surface area (Å²) in [6.07, 6.45) is 0.231. The highest BCUT2D eigenvalue weighted by Crippen LogP contribution is 2.23. The number of hydrogen-bond acceptors (Lipinski definition) is 3. The molecule has 22 heavy (non-hydrogen) atoms. The minimum absolute atomic E-state index is 0.0108. The molecule has 1 N–H and O–H groups in total. The molecular weight excluding hydrogens is 287 g/mol. The maximum atomic E-state index is 13.2. The molecule has 0 aliphatic heterocycles. The number of anilines is 1. The fourth-order valence-corrected chi connectivity index (χ4v) is 2.12. The number of hydrogen-bond donors (Lipinski definition) is 1. The Kier molecular flexibility index (Phi) is 4.83. The predicted octanol–water partition coefficient (Wildman–Crippen LogP) is 3.87. The van der Waals surface area contributed by atoms with Crippen molar-refractivity contribution in [2.24, 2.45) is 0 Å². The van der Waals surface area contributed by atoms with E-state index < -0.39 is 16.4 Å². The van der Waals surface area contributed by atoms with Crippen molar-refractivity contribution in [2.45, 2.75) is 19.3 Å². The number of nitro groups is 1. The standard InChI is InChI=1S/C16H15FN2O3/c1-11(12-5-3-2-4-6-12)9-16(20)18-13-7-8-14(17)15(10-13)19(21)22/h2-8,10-11H,9H2,1H3,(H,18,20)/t11-/m1/s1. The third kappa shape index (κ3) is 3.88. The second kappa shape index (κ2) is 6.80. The number of rotatable bonds is 5. The van der Waals surface area contributed by atoms with Gasteiger partial charge in [0, 0.05) is 18.2 Å². The largest absolute Gasteiger partial charge is 0.326 e. The van der Waals surface area contributed by atoms with Crippen molar-refractivity contribution in [2.75, 3.05) is 5.32 Å². The van der Waals surface area contributed by atoms with Crippen LogP contribution in [0.15, 0.2) is 48.5 Å². The SMILES string of the molecule is C[C@H](CC(=O)Nc1ccc(F)c([N+](=O)[O-])c1)c1ccccc1. The van der Waals surface area contributed by atoms with Crippen LogP contribution in [0.5, 0.6) is 0 Å². The molecule has 2 aromatic carbocycles. The summed E-state index contributed by atoms with van der Waals surface area (Å²) in [6, 6.07) is 12.8. The lowest BCUT2D eigenvalue weighted by Gasteiger charge is -2.12. The minimum atomic E-state index is -0.930. The number of carbonyl (C=O) groups is 1. The van der Waals surface area contributed by atoms with E-state index in [0.29, 0.717) is 0 Å². The minimum Gasteiger partial charge on any atom is -0.326 e. The first kappa shape index (κ1) is 15.6. The zero-order valence-corrected chi connectivity index (χ0v) is 12.0. The van der Waals surface area contributed by atoms with Crippen LogP contribution < -0.4 is 5.32 Å². The third-order valence-corrected chi connectivity index (χ3v) is 3.29. The fourth-order valence-electron chi connectivity index (χ4n) is 2.12. The Balaban J connectivity index is 2.03. The molecule has 0 saturated carbocycles. The van der Waals surface area contributed by atoms with E-state index in [1.165, 1.54) is 6.07 Å². The molecule has 0 spiro atoms. The summed E-state index contributed by atoms with van der Waals surface area (Å²) in [7, 11) is 0. The van der Waals surface area contributed by atoms with Crippen LogP contribution in [0.3, 0.4) is 0 Å². The van der Waals surface area contributed by atoms with E-state index in [2.05, 4.69) is 5.32 Å². The van der Waals surface area contributed by atoms with Crippen LogP contribution in [0.1, 0.15) is 24.8 Å². The summed E-state index contributed by atoms with van der Waals surface area (Å²) in [5, 5.41) is 13.2. The van der Waals surface area contributed by atoms with E-state index in [9.17, 15) is 19.3 Å². The molecule has 0 aliphatic carbocycles. The van der Waals surface area contributed by atoms with Crippen molar-refractivity contribution >= 4 is 17.3 Å². The van der Waals surface area contributed by atoms with Gasteiger partial charge >= 0.3 is 5.69 Å². The molecular formula is C16H15FN2O3. The van der Waals surface area contributed by atoms with Gasteiger partial charge in [0.25, 0.3) is 0 Å². The lowest BCUT2D eigenvalue weighted by Crippen LogP contribution is -2.14. The van der Waals surface area contributed by atoms with Crippen molar-refractivity contribution in [1.29, 1.82) is 0 Å². The monoisotopic (exact) mass is 302 g/mol. The Morgan fingerprint density at radius 2 is 1.95 bits per heavy atom. The van der Waals surface area contributed by atoms with E-state index in [1.807, 2.05) is 37.3 Å². The summed E-state index contributed by atoms with van der Waals surface area (Å²) in [5.74, 6) is -1.20. The summed E-state index contributed by atoms with van der Waals surface area (Å²) in [5.41, 5.74) is 0.579. The second-order valence-electron chi connectivity index (χ2n) is 4.99. The summed E-state index contributed by atoms with van der Waals surface area (Å²) in [6.45, 7) is 1.92. The molecule has 5 nitrogen and oxygen atoms in total. The molecule has 0 aromatic heterocycles. The molecule has 0 fully saturated rings. The molecule has 2 aromatic rings. The molecule has 0 radical (unpaired) electrons. The van der Waals surface area contributed by atoms with Gasteiger partial charge in [-0.2, -0.15) is 4.39 Å². The Hall–Kier alpha value is -2.76. The molecule has 0 unspecified atom stereocenters. The first-order valence-corrected chi connectivity index (χ1v) is 6.76. The molecule has 1 atom stereocenters. The first-order chi connectivity index (χ1) is 10.5. The molecule has 114 valence electrons. The molecule has 0 aliphatic rings. The van der Waals surface area contributed by atoms with Crippen LogP contribution in [0.2, 0.25) is 0 Å². The van der Waals surface area contributed by atoms with Crippen molar-refractivity contribution in [3.63, 3.8) is 0 Å². The summed E-state index contributed by atoms with van der Waals surface area (Å²) in [4.78, 5) is 21.8. The van der Waals surface area contributed by atoms with Crippen molar-refractivity contribution in [1.82, 2.24) is 0 Å². The Morgan fingerprint density at radius 3 is 2.59 bits per heavy atom. The Labute approximate surface area is 126 Å². The highest BCUT2D eigenvalue weighted by atomic mass is 19.1. The summed E-state index contributed by atoms with van der Waals surface area (Å²) < 4.78 is 13.2. The van der Waals surface area contributed by atoms with E-state index in [0.717, 1.165) is 17.7 Å². The van der Waals surface area contributed by atoms with Crippen molar-refractivity contribution in [3.8, 4) is 0 Å². The third-order valence-electron chi connectivity index (χ3n) is 3.29. The van der Waals surface area contributed by atoms with Gasteiger partial charge in [-0.25, -0.2) is 0 Å². The van der Waals surface area contributed by atoms with Crippen LogP contribution in [-0.2, 0) is 4.79 Å². The maximum absolute atomic E-state index is 13.2. The maximum Gasteiger partial charge on any atom is 0.306 e. The van der Waals surface area contributed by atoms with Gasteiger partial charge in [-0.3, -0.25) is 14.9 Å². The van der Waals surface area contributed by atoms with Gasteiger partial charge in [0.1, 0.15) is 0 Å². The molecule has 2 rings (SSSR count). The van der Waals surface area contributed by atoms with Crippen LogP contribution in [0.25, 0.3) is 0 Å². The van der Waals surface area contributed by atoms with Gasteiger partial charge in [-0.05, 0) is 23.6 Å². The molecule has 1 amide bonds. The molecule has 6 heteroatoms. The Morgan fingerprint density at radius 1 is 1.27 bits per heavy atom. The molecule has 0 heterocycles.